The van der Waals surface area contributed by atoms with Gasteiger partial charge in [-0.3, -0.25) is 8.80 Å². The van der Waals surface area contributed by atoms with Gasteiger partial charge in [0.2, 0.25) is 23.3 Å². The first kappa shape index (κ1) is 34.2. The highest BCUT2D eigenvalue weighted by atomic mass is 79.9. The summed E-state index contributed by atoms with van der Waals surface area (Å²) in [7, 11) is 4.22. The molecule has 4 aromatic rings. The second-order valence-electron chi connectivity index (χ2n) is 10.4. The number of pyridine rings is 2. The fraction of sp³-hybridized carbons (Fsp3) is 0.467. The number of anilines is 1. The number of imidazole rings is 2. The molecular weight excluding hydrogens is 654 g/mol. The fourth-order valence-corrected chi connectivity index (χ4v) is 5.27. The number of rotatable bonds is 5. The van der Waals surface area contributed by atoms with E-state index in [0.717, 1.165) is 39.3 Å². The normalized spacial score (nSPS) is 15.7. The summed E-state index contributed by atoms with van der Waals surface area (Å²) in [5, 5.41) is 3.27. The Hall–Kier alpha value is -3.66. The standard InChI is InChI=1S/C15H19FN4O2.C10H8BrFN2O2.C5H12N2/c1-3-22-15(21)13-14(16)20-11(17-13)5-4-6-12(20)19-9-7-18(2)8-10-19;1-2-16-10(15)8-9(12)14-6(11)4-3-5-7(14)13-8;1-7-4-2-6-3-5-7/h4-6H,3,7-10H2,1-2H3;3-5H,2H2,1H3;6H,2-5H2,1H3. The van der Waals surface area contributed by atoms with Crippen molar-refractivity contribution in [1.29, 1.82) is 0 Å². The summed E-state index contributed by atoms with van der Waals surface area (Å²) in [5.74, 6) is -2.15. The Balaban J connectivity index is 0.000000174. The Morgan fingerprint density at radius 2 is 1.27 bits per heavy atom. The molecule has 0 spiro atoms. The molecule has 2 fully saturated rings. The van der Waals surface area contributed by atoms with Crippen molar-refractivity contribution in [1.82, 2.24) is 33.9 Å². The highest BCUT2D eigenvalue weighted by Gasteiger charge is 2.25. The third-order valence-electron chi connectivity index (χ3n) is 7.21. The lowest BCUT2D eigenvalue weighted by Gasteiger charge is -2.34. The zero-order chi connectivity index (χ0) is 32.5. The van der Waals surface area contributed by atoms with Crippen LogP contribution < -0.4 is 10.2 Å². The number of nitrogens with zero attached hydrogens (tertiary/aromatic N) is 7. The van der Waals surface area contributed by atoms with E-state index in [0.29, 0.717) is 21.7 Å². The molecular formula is C30H39BrF2N8O4. The molecule has 45 heavy (non-hydrogen) atoms. The van der Waals surface area contributed by atoms with Gasteiger partial charge in [-0.05, 0) is 68.1 Å². The Kier molecular flexibility index (Phi) is 12.2. The molecule has 0 unspecified atom stereocenters. The molecule has 1 N–H and O–H groups in total. The maximum Gasteiger partial charge on any atom is 0.361 e. The number of fused-ring (bicyclic) bond motifs is 2. The van der Waals surface area contributed by atoms with Gasteiger partial charge in [-0.2, -0.15) is 8.78 Å². The van der Waals surface area contributed by atoms with E-state index in [1.54, 1.807) is 38.1 Å². The van der Waals surface area contributed by atoms with E-state index in [9.17, 15) is 18.4 Å². The van der Waals surface area contributed by atoms with Gasteiger partial charge in [-0.1, -0.05) is 12.1 Å². The van der Waals surface area contributed by atoms with Crippen molar-refractivity contribution < 1.29 is 27.8 Å². The molecule has 0 atom stereocenters. The van der Waals surface area contributed by atoms with E-state index in [2.05, 4.69) is 60.0 Å². The fourth-order valence-electron chi connectivity index (χ4n) is 4.78. The van der Waals surface area contributed by atoms with Gasteiger partial charge in [-0.25, -0.2) is 19.6 Å². The summed E-state index contributed by atoms with van der Waals surface area (Å²) < 4.78 is 41.1. The molecule has 0 radical (unpaired) electrons. The van der Waals surface area contributed by atoms with E-state index >= 15 is 0 Å². The van der Waals surface area contributed by atoms with Crippen LogP contribution in [0.4, 0.5) is 14.6 Å². The Morgan fingerprint density at radius 1 is 0.778 bits per heavy atom. The van der Waals surface area contributed by atoms with Gasteiger partial charge in [0.05, 0.1) is 17.8 Å². The lowest BCUT2D eigenvalue weighted by molar-refractivity contribution is 0.0504. The molecule has 2 saturated heterocycles. The highest BCUT2D eigenvalue weighted by molar-refractivity contribution is 9.10. The first-order valence-corrected chi connectivity index (χ1v) is 15.6. The minimum absolute atomic E-state index is 0.188. The number of piperazine rings is 2. The van der Waals surface area contributed by atoms with Crippen molar-refractivity contribution in [3.05, 3.63) is 64.3 Å². The number of likely N-dealkylation sites (N-methyl/N-ethyl adjacent to an activating group) is 2. The third-order valence-corrected chi connectivity index (χ3v) is 7.83. The minimum Gasteiger partial charge on any atom is -0.461 e. The van der Waals surface area contributed by atoms with Crippen molar-refractivity contribution in [3.63, 3.8) is 0 Å². The van der Waals surface area contributed by atoms with E-state index < -0.39 is 23.8 Å². The molecule has 2 aliphatic rings. The van der Waals surface area contributed by atoms with E-state index in [4.69, 9.17) is 9.47 Å². The Morgan fingerprint density at radius 3 is 1.76 bits per heavy atom. The number of esters is 2. The molecule has 0 aliphatic carbocycles. The number of carbonyl (C=O) groups is 2. The van der Waals surface area contributed by atoms with Crippen LogP contribution in [0.5, 0.6) is 0 Å². The van der Waals surface area contributed by atoms with Crippen LogP contribution in [-0.2, 0) is 9.47 Å². The van der Waals surface area contributed by atoms with E-state index in [-0.39, 0.29) is 24.6 Å². The maximum absolute atomic E-state index is 14.7. The number of hydrogen-bond acceptors (Lipinski definition) is 10. The Labute approximate surface area is 269 Å². The first-order chi connectivity index (χ1) is 21.7. The van der Waals surface area contributed by atoms with Gasteiger partial charge in [0.25, 0.3) is 0 Å². The van der Waals surface area contributed by atoms with Crippen LogP contribution >= 0.6 is 15.9 Å². The molecule has 0 amide bonds. The SMILES string of the molecule is CCOC(=O)c1nc2cccc(Br)n2c1F.CCOC(=O)c1nc2cccc(N3CCN(C)CC3)n2c1F.CN1CCNCC1. The highest BCUT2D eigenvalue weighted by Crippen LogP contribution is 2.23. The van der Waals surface area contributed by atoms with Crippen LogP contribution in [0.25, 0.3) is 11.3 Å². The molecule has 6 heterocycles. The molecule has 0 bridgehead atoms. The monoisotopic (exact) mass is 692 g/mol. The topological polar surface area (TPSA) is 109 Å². The van der Waals surface area contributed by atoms with Crippen molar-refractivity contribution in [2.24, 2.45) is 0 Å². The number of carbonyl (C=O) groups excluding carboxylic acids is 2. The second-order valence-corrected chi connectivity index (χ2v) is 11.2. The van der Waals surface area contributed by atoms with E-state index in [1.165, 1.54) is 21.9 Å². The van der Waals surface area contributed by atoms with Crippen LogP contribution in [0.2, 0.25) is 0 Å². The summed E-state index contributed by atoms with van der Waals surface area (Å²) in [4.78, 5) is 37.8. The number of hydrogen-bond donors (Lipinski definition) is 1. The number of aromatic nitrogens is 4. The molecule has 6 rings (SSSR count). The summed E-state index contributed by atoms with van der Waals surface area (Å²) in [6.07, 6.45) is 0. The van der Waals surface area contributed by atoms with Crippen LogP contribution in [-0.4, -0.2) is 120 Å². The van der Waals surface area contributed by atoms with Gasteiger partial charge in [-0.15, -0.1) is 0 Å². The number of nitrogens with one attached hydrogen (secondary N) is 1. The molecule has 0 saturated carbocycles. The smallest absolute Gasteiger partial charge is 0.361 e. The van der Waals surface area contributed by atoms with Crippen LogP contribution in [0.15, 0.2) is 41.0 Å². The zero-order valence-electron chi connectivity index (χ0n) is 25.9. The maximum atomic E-state index is 14.7. The second kappa shape index (κ2) is 16.1. The molecule has 0 aromatic carbocycles. The van der Waals surface area contributed by atoms with Gasteiger partial charge in [0.1, 0.15) is 17.1 Å². The van der Waals surface area contributed by atoms with Crippen molar-refractivity contribution >= 4 is 45.0 Å². The summed E-state index contributed by atoms with van der Waals surface area (Å²) >= 11 is 3.18. The summed E-state index contributed by atoms with van der Waals surface area (Å²) in [6.45, 7) is 11.9. The number of ether oxygens (including phenoxy) is 2. The lowest BCUT2D eigenvalue weighted by atomic mass is 10.3. The van der Waals surface area contributed by atoms with Gasteiger partial charge >= 0.3 is 11.9 Å². The summed E-state index contributed by atoms with van der Waals surface area (Å²) in [6, 6.07) is 10.3. The van der Waals surface area contributed by atoms with E-state index in [1.807, 2.05) is 12.1 Å². The van der Waals surface area contributed by atoms with Crippen LogP contribution in [0.3, 0.4) is 0 Å². The minimum atomic E-state index is -0.754. The Bertz CT molecular complexity index is 1600. The number of halogens is 3. The first-order valence-electron chi connectivity index (χ1n) is 14.8. The zero-order valence-corrected chi connectivity index (χ0v) is 27.5. The quantitative estimate of drug-likeness (QED) is 0.247. The lowest BCUT2D eigenvalue weighted by Crippen LogP contribution is -2.45. The van der Waals surface area contributed by atoms with Crippen molar-refractivity contribution in [2.75, 3.05) is 84.6 Å². The van der Waals surface area contributed by atoms with Crippen LogP contribution in [0, 0.1) is 11.9 Å². The largest absolute Gasteiger partial charge is 0.461 e. The average Bonchev–Trinajstić information content (AvgIpc) is 3.56. The van der Waals surface area contributed by atoms with Gasteiger partial charge in [0.15, 0.2) is 0 Å². The predicted octanol–water partition coefficient (Wildman–Crippen LogP) is 3.34. The van der Waals surface area contributed by atoms with Crippen molar-refractivity contribution in [3.8, 4) is 0 Å². The average molecular weight is 694 g/mol. The molecule has 244 valence electrons. The third kappa shape index (κ3) is 8.34. The molecule has 4 aromatic heterocycles. The molecule has 2 aliphatic heterocycles. The molecule has 12 nitrogen and oxygen atoms in total. The van der Waals surface area contributed by atoms with Crippen molar-refractivity contribution in [2.45, 2.75) is 13.8 Å². The predicted molar refractivity (Wildman–Crippen MR) is 170 cm³/mol. The van der Waals surface area contributed by atoms with Crippen LogP contribution in [0.1, 0.15) is 34.8 Å². The van der Waals surface area contributed by atoms with Gasteiger partial charge in [0, 0.05) is 52.4 Å². The molecule has 15 heteroatoms. The summed E-state index contributed by atoms with van der Waals surface area (Å²) in [5.41, 5.74) is 0.212. The van der Waals surface area contributed by atoms with Gasteiger partial charge < -0.3 is 29.5 Å².